The van der Waals surface area contributed by atoms with Gasteiger partial charge in [0.05, 0.1) is 11.4 Å². The molecular formula is C6H14N2O2. The highest BCUT2D eigenvalue weighted by Crippen LogP contribution is 1.63. The molecule has 4 heteroatoms. The van der Waals surface area contributed by atoms with Gasteiger partial charge in [-0.2, -0.15) is 0 Å². The van der Waals surface area contributed by atoms with Crippen LogP contribution in [0.15, 0.2) is 10.3 Å². The number of oxime groups is 2. The van der Waals surface area contributed by atoms with E-state index in [2.05, 4.69) is 10.3 Å². The summed E-state index contributed by atoms with van der Waals surface area (Å²) in [5.74, 6) is 0. The Bertz CT molecular complexity index is 106. The molecule has 0 heterocycles. The number of hydrogen-bond donors (Lipinski definition) is 2. The summed E-state index contributed by atoms with van der Waals surface area (Å²) in [5.41, 5.74) is 1.37. The van der Waals surface area contributed by atoms with E-state index in [0.717, 1.165) is 0 Å². The summed E-state index contributed by atoms with van der Waals surface area (Å²) in [6, 6.07) is 0. The van der Waals surface area contributed by atoms with E-state index < -0.39 is 0 Å². The van der Waals surface area contributed by atoms with Gasteiger partial charge >= 0.3 is 0 Å². The molecule has 0 unspecified atom stereocenters. The predicted octanol–water partition coefficient (Wildman–Crippen LogP) is 1.71. The molecule has 0 aliphatic rings. The molecule has 0 saturated carbocycles. The van der Waals surface area contributed by atoms with E-state index in [0.29, 0.717) is 11.4 Å². The van der Waals surface area contributed by atoms with Crippen LogP contribution in [0.1, 0.15) is 27.7 Å². The molecule has 4 nitrogen and oxygen atoms in total. The molecule has 10 heavy (non-hydrogen) atoms. The van der Waals surface area contributed by atoms with Gasteiger partial charge in [0.15, 0.2) is 0 Å². The topological polar surface area (TPSA) is 65.2 Å². The third-order valence-corrected chi connectivity index (χ3v) is 0.400. The second kappa shape index (κ2) is 7.94. The molecule has 0 spiro atoms. The minimum Gasteiger partial charge on any atom is -0.411 e. The molecule has 0 radical (unpaired) electrons. The van der Waals surface area contributed by atoms with Crippen LogP contribution >= 0.6 is 0 Å². The lowest BCUT2D eigenvalue weighted by Crippen LogP contribution is -1.74. The fourth-order valence-corrected chi connectivity index (χ4v) is 0. The van der Waals surface area contributed by atoms with E-state index >= 15 is 0 Å². The van der Waals surface area contributed by atoms with Gasteiger partial charge in [-0.15, -0.1) is 0 Å². The van der Waals surface area contributed by atoms with Crippen LogP contribution in [0.4, 0.5) is 0 Å². The van der Waals surface area contributed by atoms with Crippen molar-refractivity contribution < 1.29 is 10.4 Å². The molecule has 0 amide bonds. The molecule has 0 fully saturated rings. The van der Waals surface area contributed by atoms with Gasteiger partial charge in [-0.25, -0.2) is 0 Å². The normalized spacial score (nSPS) is 6.80. The molecule has 60 valence electrons. The largest absolute Gasteiger partial charge is 0.411 e. The lowest BCUT2D eigenvalue weighted by molar-refractivity contribution is 0.318. The van der Waals surface area contributed by atoms with Crippen molar-refractivity contribution in [1.82, 2.24) is 0 Å². The van der Waals surface area contributed by atoms with Crippen molar-refractivity contribution in [3.63, 3.8) is 0 Å². The van der Waals surface area contributed by atoms with Gasteiger partial charge in [0.2, 0.25) is 0 Å². The monoisotopic (exact) mass is 146 g/mol. The third kappa shape index (κ3) is 28.3. The zero-order valence-electron chi connectivity index (χ0n) is 6.79. The van der Waals surface area contributed by atoms with Gasteiger partial charge in [0.25, 0.3) is 0 Å². The van der Waals surface area contributed by atoms with Gasteiger partial charge < -0.3 is 10.4 Å². The van der Waals surface area contributed by atoms with E-state index in [1.807, 2.05) is 0 Å². The Morgan fingerprint density at radius 2 is 0.900 bits per heavy atom. The second-order valence-corrected chi connectivity index (χ2v) is 2.09. The lowest BCUT2D eigenvalue weighted by atomic mass is 10.5. The molecule has 0 aliphatic heterocycles. The Balaban J connectivity index is 0. The van der Waals surface area contributed by atoms with E-state index in [9.17, 15) is 0 Å². The Kier molecular flexibility index (Phi) is 9.29. The molecule has 2 N–H and O–H groups in total. The van der Waals surface area contributed by atoms with E-state index in [1.165, 1.54) is 0 Å². The second-order valence-electron chi connectivity index (χ2n) is 2.09. The van der Waals surface area contributed by atoms with Gasteiger partial charge in [-0.3, -0.25) is 0 Å². The highest BCUT2D eigenvalue weighted by Gasteiger charge is 1.65. The molecule has 0 atom stereocenters. The van der Waals surface area contributed by atoms with Crippen LogP contribution in [0.2, 0.25) is 0 Å². The van der Waals surface area contributed by atoms with E-state index in [1.54, 1.807) is 27.7 Å². The first-order valence-electron chi connectivity index (χ1n) is 2.85. The maximum Gasteiger partial charge on any atom is 0.0509 e. The Labute approximate surface area is 60.9 Å². The fourth-order valence-electron chi connectivity index (χ4n) is 0. The first kappa shape index (κ1) is 11.7. The summed E-state index contributed by atoms with van der Waals surface area (Å²) in [7, 11) is 0. The van der Waals surface area contributed by atoms with E-state index in [-0.39, 0.29) is 0 Å². The van der Waals surface area contributed by atoms with Crippen molar-refractivity contribution in [3.05, 3.63) is 0 Å². The Hall–Kier alpha value is -1.06. The molecule has 0 bridgehead atoms. The van der Waals surface area contributed by atoms with Crippen molar-refractivity contribution in [2.24, 2.45) is 10.3 Å². The van der Waals surface area contributed by atoms with Crippen LogP contribution in [0.25, 0.3) is 0 Å². The summed E-state index contributed by atoms with van der Waals surface area (Å²) in [6.45, 7) is 6.89. The average molecular weight is 146 g/mol. The van der Waals surface area contributed by atoms with Crippen molar-refractivity contribution in [2.75, 3.05) is 0 Å². The minimum absolute atomic E-state index is 0.685. The Morgan fingerprint density at radius 1 is 0.800 bits per heavy atom. The number of nitrogens with zero attached hydrogens (tertiary/aromatic N) is 2. The van der Waals surface area contributed by atoms with Crippen LogP contribution in [-0.2, 0) is 0 Å². The molecule has 0 aromatic heterocycles. The van der Waals surface area contributed by atoms with Gasteiger partial charge in [-0.05, 0) is 27.7 Å². The zero-order chi connectivity index (χ0) is 8.57. The maximum absolute atomic E-state index is 7.73. The average Bonchev–Trinajstić information content (AvgIpc) is 1.89. The molecular weight excluding hydrogens is 132 g/mol. The summed E-state index contributed by atoms with van der Waals surface area (Å²) < 4.78 is 0. The number of hydrogen-bond acceptors (Lipinski definition) is 4. The fraction of sp³-hybridized carbons (Fsp3) is 0.667. The smallest absolute Gasteiger partial charge is 0.0509 e. The van der Waals surface area contributed by atoms with Crippen LogP contribution in [-0.4, -0.2) is 21.8 Å². The lowest BCUT2D eigenvalue weighted by Gasteiger charge is -1.72. The molecule has 0 aromatic carbocycles. The highest BCUT2D eigenvalue weighted by atomic mass is 16.4. The molecule has 0 rings (SSSR count). The highest BCUT2D eigenvalue weighted by molar-refractivity contribution is 5.78. The van der Waals surface area contributed by atoms with Gasteiger partial charge in [0.1, 0.15) is 0 Å². The first-order chi connectivity index (χ1) is 4.54. The molecule has 0 aliphatic carbocycles. The summed E-state index contributed by atoms with van der Waals surface area (Å²) in [4.78, 5) is 0. The third-order valence-electron chi connectivity index (χ3n) is 0.400. The zero-order valence-corrected chi connectivity index (χ0v) is 6.79. The predicted molar refractivity (Wildman–Crippen MR) is 41.1 cm³/mol. The van der Waals surface area contributed by atoms with Gasteiger partial charge in [0, 0.05) is 0 Å². The SMILES string of the molecule is CC(C)=NO.CC(C)=NO. The quantitative estimate of drug-likeness (QED) is 0.310. The van der Waals surface area contributed by atoms with Crippen LogP contribution < -0.4 is 0 Å². The van der Waals surface area contributed by atoms with Crippen LogP contribution in [0, 0.1) is 0 Å². The van der Waals surface area contributed by atoms with E-state index in [4.69, 9.17) is 10.4 Å². The Morgan fingerprint density at radius 3 is 0.900 bits per heavy atom. The van der Waals surface area contributed by atoms with Crippen molar-refractivity contribution in [2.45, 2.75) is 27.7 Å². The summed E-state index contributed by atoms with van der Waals surface area (Å²) >= 11 is 0. The van der Waals surface area contributed by atoms with Crippen molar-refractivity contribution in [1.29, 1.82) is 0 Å². The van der Waals surface area contributed by atoms with Gasteiger partial charge in [-0.1, -0.05) is 10.3 Å². The summed E-state index contributed by atoms with van der Waals surface area (Å²) in [5, 5.41) is 21.1. The van der Waals surface area contributed by atoms with Crippen molar-refractivity contribution in [3.8, 4) is 0 Å². The first-order valence-corrected chi connectivity index (χ1v) is 2.85. The molecule has 0 aromatic rings. The van der Waals surface area contributed by atoms with Crippen LogP contribution in [0.5, 0.6) is 0 Å². The standard InChI is InChI=1S/2C3H7NO/c2*1-3(2)4-5/h2*5H,1-2H3. The maximum atomic E-state index is 7.73. The molecule has 0 saturated heterocycles. The van der Waals surface area contributed by atoms with Crippen LogP contribution in [0.3, 0.4) is 0 Å². The van der Waals surface area contributed by atoms with Crippen molar-refractivity contribution >= 4 is 11.4 Å². The number of rotatable bonds is 0. The summed E-state index contributed by atoms with van der Waals surface area (Å²) in [6.07, 6.45) is 0. The minimum atomic E-state index is 0.685.